The predicted octanol–water partition coefficient (Wildman–Crippen LogP) is 3.80. The summed E-state index contributed by atoms with van der Waals surface area (Å²) in [4.78, 5) is 6.45. The van der Waals surface area contributed by atoms with Crippen molar-refractivity contribution >= 4 is 43.2 Å². The van der Waals surface area contributed by atoms with Crippen LogP contribution in [0.15, 0.2) is 29.5 Å². The summed E-state index contributed by atoms with van der Waals surface area (Å²) in [6, 6.07) is 5.77. The topological polar surface area (TPSA) is 42.6 Å². The van der Waals surface area contributed by atoms with Gasteiger partial charge in [0.15, 0.2) is 17.3 Å². The van der Waals surface area contributed by atoms with Crippen LogP contribution in [0.3, 0.4) is 0 Å². The Kier molecular flexibility index (Phi) is 11.0. The Hall–Kier alpha value is -0.231. The van der Waals surface area contributed by atoms with Crippen LogP contribution in [0.5, 0.6) is 0 Å². The normalized spacial score (nSPS) is 16.4. The molecular formula is C14H20Cl2FeN4S. The molecule has 0 bridgehead atoms. The molecule has 1 aliphatic heterocycles. The van der Waals surface area contributed by atoms with Crippen molar-refractivity contribution in [2.45, 2.75) is 32.6 Å². The Morgan fingerprint density at radius 1 is 1.27 bits per heavy atom. The third kappa shape index (κ3) is 7.86. The van der Waals surface area contributed by atoms with Crippen LogP contribution in [0.1, 0.15) is 38.3 Å². The molecule has 1 fully saturated rings. The van der Waals surface area contributed by atoms with Crippen LogP contribution in [0.4, 0.5) is 0 Å². The SMILES string of the molecule is CC(=N[N-]C(=[SH+])N1CCCCCC1)c1ccccn1.[Cl][Fe][Cl]. The second-order valence-electron chi connectivity index (χ2n) is 4.75. The number of hydrogen-bond acceptors (Lipinski definition) is 2. The maximum atomic E-state index is 4.76. The molecule has 0 spiro atoms. The van der Waals surface area contributed by atoms with E-state index in [9.17, 15) is 0 Å². The minimum absolute atomic E-state index is 0.194. The molecule has 124 valence electrons. The van der Waals surface area contributed by atoms with Gasteiger partial charge < -0.3 is 10.5 Å². The fraction of sp³-hybridized carbons (Fsp3) is 0.500. The van der Waals surface area contributed by atoms with E-state index >= 15 is 0 Å². The van der Waals surface area contributed by atoms with Gasteiger partial charge in [0.25, 0.3) is 0 Å². The molecule has 1 saturated heterocycles. The quantitative estimate of drug-likeness (QED) is 0.188. The first-order valence-electron chi connectivity index (χ1n) is 7.01. The van der Waals surface area contributed by atoms with Gasteiger partial charge in [0, 0.05) is 25.0 Å². The number of thiol groups is 1. The van der Waals surface area contributed by atoms with Crippen LogP contribution < -0.4 is 0 Å². The van der Waals surface area contributed by atoms with Gasteiger partial charge in [-0.05, 0) is 31.9 Å². The first-order chi connectivity index (χ1) is 10.7. The Morgan fingerprint density at radius 2 is 1.91 bits per heavy atom. The molecule has 0 radical (unpaired) electrons. The molecule has 0 atom stereocenters. The Labute approximate surface area is 152 Å². The van der Waals surface area contributed by atoms with Crippen LogP contribution in [0.2, 0.25) is 0 Å². The molecule has 1 aliphatic rings. The number of nitrogens with zero attached hydrogens (tertiary/aromatic N) is 4. The predicted molar refractivity (Wildman–Crippen MR) is 95.3 cm³/mol. The molecule has 0 amide bonds. The summed E-state index contributed by atoms with van der Waals surface area (Å²) in [6.45, 7) is 3.97. The number of rotatable bonds is 2. The van der Waals surface area contributed by atoms with E-state index in [4.69, 9.17) is 20.2 Å². The van der Waals surface area contributed by atoms with Crippen molar-refractivity contribution in [2.24, 2.45) is 5.10 Å². The van der Waals surface area contributed by atoms with E-state index in [-0.39, 0.29) is 13.1 Å². The number of aromatic nitrogens is 1. The van der Waals surface area contributed by atoms with Crippen LogP contribution in [-0.4, -0.2) is 33.8 Å². The molecule has 2 heterocycles. The molecule has 0 N–H and O–H groups in total. The standard InChI is InChI=1S/C14H20N4S.2ClH.Fe/c1-12(13-8-4-5-9-15-13)16-17-14(19)18-10-6-2-3-7-11-18;;;/h4-5,8-9H,2-3,6-7,10-11H2,1H3,(H,15,17,19);2*1H;/q;;;+2/p-2. The zero-order chi connectivity index (χ0) is 16.2. The first-order valence-corrected chi connectivity index (χ1v) is 10.5. The van der Waals surface area contributed by atoms with E-state index in [1.165, 1.54) is 25.7 Å². The van der Waals surface area contributed by atoms with Crippen LogP contribution in [0.25, 0.3) is 5.43 Å². The molecule has 4 nitrogen and oxygen atoms in total. The van der Waals surface area contributed by atoms with E-state index in [1.54, 1.807) is 6.20 Å². The summed E-state index contributed by atoms with van der Waals surface area (Å²) in [5.41, 5.74) is 5.88. The van der Waals surface area contributed by atoms with E-state index < -0.39 is 0 Å². The van der Waals surface area contributed by atoms with Gasteiger partial charge in [-0.25, -0.2) is 4.90 Å². The molecule has 22 heavy (non-hydrogen) atoms. The Balaban J connectivity index is 0.000000745. The van der Waals surface area contributed by atoms with E-state index in [0.29, 0.717) is 5.11 Å². The summed E-state index contributed by atoms with van der Waals surface area (Å²) in [5, 5.41) is 4.93. The number of hydrogen-bond donors (Lipinski definition) is 0. The first kappa shape index (κ1) is 19.8. The van der Waals surface area contributed by atoms with Crippen molar-refractivity contribution in [1.29, 1.82) is 0 Å². The van der Waals surface area contributed by atoms with Crippen molar-refractivity contribution in [1.82, 2.24) is 9.88 Å². The third-order valence-corrected chi connectivity index (χ3v) is 3.59. The maximum absolute atomic E-state index is 4.76. The molecule has 2 rings (SSSR count). The monoisotopic (exact) mass is 402 g/mol. The summed E-state index contributed by atoms with van der Waals surface area (Å²) < 4.78 is 0. The Morgan fingerprint density at radius 3 is 2.45 bits per heavy atom. The summed E-state index contributed by atoms with van der Waals surface area (Å²) >= 11 is 4.65. The molecule has 1 aromatic rings. The van der Waals surface area contributed by atoms with Gasteiger partial charge in [-0.15, -0.1) is 0 Å². The molecule has 1 aromatic heterocycles. The molecule has 8 heteroatoms. The van der Waals surface area contributed by atoms with Crippen molar-refractivity contribution in [3.05, 3.63) is 35.5 Å². The summed E-state index contributed by atoms with van der Waals surface area (Å²) in [5.74, 6) is 0. The molecule has 0 aromatic carbocycles. The van der Waals surface area contributed by atoms with Crippen LogP contribution >= 0.6 is 20.2 Å². The van der Waals surface area contributed by atoms with E-state index in [0.717, 1.165) is 24.5 Å². The zero-order valence-corrected chi connectivity index (χ0v) is 15.9. The molecule has 0 aliphatic carbocycles. The summed E-state index contributed by atoms with van der Waals surface area (Å²) in [6.07, 6.45) is 6.78. The van der Waals surface area contributed by atoms with Crippen molar-refractivity contribution < 1.29 is 13.1 Å². The second kappa shape index (κ2) is 12.2. The van der Waals surface area contributed by atoms with Crippen LogP contribution in [0, 0.1) is 0 Å². The fourth-order valence-electron chi connectivity index (χ4n) is 2.08. The number of pyridine rings is 1. The van der Waals surface area contributed by atoms with Gasteiger partial charge in [-0.2, -0.15) is 0 Å². The van der Waals surface area contributed by atoms with Crippen molar-refractivity contribution in [3.8, 4) is 0 Å². The average molecular weight is 403 g/mol. The van der Waals surface area contributed by atoms with Gasteiger partial charge >= 0.3 is 33.3 Å². The molecule has 0 unspecified atom stereocenters. The fourth-order valence-corrected chi connectivity index (χ4v) is 2.33. The van der Waals surface area contributed by atoms with Crippen molar-refractivity contribution in [2.75, 3.05) is 13.1 Å². The van der Waals surface area contributed by atoms with E-state index in [1.807, 2.05) is 25.1 Å². The number of likely N-dealkylation sites (tertiary alicyclic amines) is 1. The average Bonchev–Trinajstić information content (AvgIpc) is 2.83. The van der Waals surface area contributed by atoms with Gasteiger partial charge in [0.05, 0.1) is 5.69 Å². The van der Waals surface area contributed by atoms with Gasteiger partial charge in [0.1, 0.15) is 0 Å². The number of halogens is 2. The van der Waals surface area contributed by atoms with Crippen molar-refractivity contribution in [3.63, 3.8) is 0 Å². The van der Waals surface area contributed by atoms with Gasteiger partial charge in [0.2, 0.25) is 0 Å². The Bertz CT molecular complexity index is 465. The molecule has 0 saturated carbocycles. The second-order valence-corrected chi connectivity index (χ2v) is 6.98. The van der Waals surface area contributed by atoms with Gasteiger partial charge in [-0.3, -0.25) is 4.98 Å². The zero-order valence-electron chi connectivity index (χ0n) is 12.4. The molecular weight excluding hydrogens is 383 g/mol. The van der Waals surface area contributed by atoms with Crippen LogP contribution in [-0.2, 0) is 25.4 Å². The van der Waals surface area contributed by atoms with E-state index in [2.05, 4.69) is 32.6 Å². The summed E-state index contributed by atoms with van der Waals surface area (Å²) in [7, 11) is 9.53. The van der Waals surface area contributed by atoms with Gasteiger partial charge in [-0.1, -0.05) is 18.9 Å². The minimum atomic E-state index is 0.194. The third-order valence-electron chi connectivity index (χ3n) is 3.21.